The molecule has 32 heavy (non-hydrogen) atoms. The third-order valence-electron chi connectivity index (χ3n) is 5.04. The van der Waals surface area contributed by atoms with Crippen molar-refractivity contribution < 1.29 is 28.6 Å². The molecule has 0 radical (unpaired) electrons. The standard InChI is InChI=1S/C24H28N2O6/c1-2-30-24(29)26-13-11-20(12-14-26)25-22(27)17-32-23(28)19-9-6-10-21(15-19)31-16-18-7-4-3-5-8-18/h3-10,15,20H,2,11-14,16-17H2,1H3,(H,25,27). The number of ether oxygens (including phenoxy) is 3. The number of esters is 1. The van der Waals surface area contributed by atoms with Gasteiger partial charge in [0.15, 0.2) is 6.61 Å². The van der Waals surface area contributed by atoms with Crippen molar-refractivity contribution >= 4 is 18.0 Å². The average Bonchev–Trinajstić information content (AvgIpc) is 2.82. The van der Waals surface area contributed by atoms with E-state index in [4.69, 9.17) is 14.2 Å². The van der Waals surface area contributed by atoms with Gasteiger partial charge in [-0.1, -0.05) is 36.4 Å². The molecule has 1 aliphatic rings. The number of hydrogen-bond acceptors (Lipinski definition) is 6. The summed E-state index contributed by atoms with van der Waals surface area (Å²) >= 11 is 0. The Morgan fingerprint density at radius 2 is 1.75 bits per heavy atom. The van der Waals surface area contributed by atoms with Crippen LogP contribution in [-0.2, 0) is 20.9 Å². The first-order chi connectivity index (χ1) is 15.5. The van der Waals surface area contributed by atoms with Crippen molar-refractivity contribution in [3.63, 3.8) is 0 Å². The fraction of sp³-hybridized carbons (Fsp3) is 0.375. The Balaban J connectivity index is 1.40. The number of amides is 2. The van der Waals surface area contributed by atoms with Crippen molar-refractivity contribution in [2.45, 2.75) is 32.4 Å². The first kappa shape index (κ1) is 23.1. The van der Waals surface area contributed by atoms with Gasteiger partial charge >= 0.3 is 12.1 Å². The van der Waals surface area contributed by atoms with Gasteiger partial charge in [0.1, 0.15) is 12.4 Å². The highest BCUT2D eigenvalue weighted by Crippen LogP contribution is 2.16. The first-order valence-electron chi connectivity index (χ1n) is 10.7. The lowest BCUT2D eigenvalue weighted by Gasteiger charge is -2.31. The molecule has 0 atom stereocenters. The van der Waals surface area contributed by atoms with Crippen molar-refractivity contribution in [3.05, 3.63) is 65.7 Å². The summed E-state index contributed by atoms with van der Waals surface area (Å²) in [5.74, 6) is -0.423. The van der Waals surface area contributed by atoms with Crippen molar-refractivity contribution in [1.29, 1.82) is 0 Å². The molecule has 2 amide bonds. The number of likely N-dealkylation sites (tertiary alicyclic amines) is 1. The Morgan fingerprint density at radius 3 is 2.47 bits per heavy atom. The molecule has 0 saturated carbocycles. The molecule has 0 aliphatic carbocycles. The molecule has 1 aliphatic heterocycles. The Bertz CT molecular complexity index is 910. The molecule has 0 spiro atoms. The van der Waals surface area contributed by atoms with E-state index in [1.807, 2.05) is 30.3 Å². The highest BCUT2D eigenvalue weighted by atomic mass is 16.6. The molecule has 0 aromatic heterocycles. The van der Waals surface area contributed by atoms with Crippen molar-refractivity contribution in [2.24, 2.45) is 0 Å². The molecule has 8 nitrogen and oxygen atoms in total. The van der Waals surface area contributed by atoms with Crippen molar-refractivity contribution in [3.8, 4) is 5.75 Å². The summed E-state index contributed by atoms with van der Waals surface area (Å²) in [5, 5.41) is 2.85. The summed E-state index contributed by atoms with van der Waals surface area (Å²) in [6, 6.07) is 16.3. The highest BCUT2D eigenvalue weighted by molar-refractivity contribution is 5.91. The molecular weight excluding hydrogens is 412 g/mol. The molecule has 0 unspecified atom stereocenters. The van der Waals surface area contributed by atoms with Crippen molar-refractivity contribution in [2.75, 3.05) is 26.3 Å². The number of nitrogens with one attached hydrogen (secondary N) is 1. The van der Waals surface area contributed by atoms with E-state index in [1.54, 1.807) is 36.1 Å². The van der Waals surface area contributed by atoms with Gasteiger partial charge < -0.3 is 24.4 Å². The molecule has 2 aromatic carbocycles. The smallest absolute Gasteiger partial charge is 0.409 e. The molecule has 3 rings (SSSR count). The van der Waals surface area contributed by atoms with Crippen LogP contribution in [-0.4, -0.2) is 55.2 Å². The van der Waals surface area contributed by atoms with Crippen LogP contribution >= 0.6 is 0 Å². The zero-order chi connectivity index (χ0) is 22.8. The number of carbonyl (C=O) groups excluding carboxylic acids is 3. The summed E-state index contributed by atoms with van der Waals surface area (Å²) in [6.45, 7) is 3.14. The molecule has 8 heteroatoms. The quantitative estimate of drug-likeness (QED) is 0.634. The summed E-state index contributed by atoms with van der Waals surface area (Å²) < 4.78 is 15.9. The van der Waals surface area contributed by atoms with Crippen LogP contribution in [0.1, 0.15) is 35.7 Å². The first-order valence-corrected chi connectivity index (χ1v) is 10.7. The monoisotopic (exact) mass is 440 g/mol. The molecular formula is C24H28N2O6. The second-order valence-corrected chi connectivity index (χ2v) is 7.41. The minimum absolute atomic E-state index is 0.0680. The minimum atomic E-state index is -0.595. The van der Waals surface area contributed by atoms with Gasteiger partial charge in [-0.3, -0.25) is 4.79 Å². The van der Waals surface area contributed by atoms with E-state index in [2.05, 4.69) is 5.32 Å². The van der Waals surface area contributed by atoms with Gasteiger partial charge in [0.05, 0.1) is 12.2 Å². The minimum Gasteiger partial charge on any atom is -0.489 e. The Hall–Kier alpha value is -3.55. The van der Waals surface area contributed by atoms with Gasteiger partial charge in [0, 0.05) is 19.1 Å². The van der Waals surface area contributed by atoms with Crippen LogP contribution in [0.5, 0.6) is 5.75 Å². The van der Waals surface area contributed by atoms with Crippen LogP contribution in [0.4, 0.5) is 4.79 Å². The number of rotatable bonds is 8. The number of carbonyl (C=O) groups is 3. The van der Waals surface area contributed by atoms with E-state index in [1.165, 1.54) is 0 Å². The maximum Gasteiger partial charge on any atom is 0.409 e. The third-order valence-corrected chi connectivity index (χ3v) is 5.04. The van der Waals surface area contributed by atoms with Gasteiger partial charge in [-0.15, -0.1) is 0 Å². The molecule has 1 N–H and O–H groups in total. The fourth-order valence-electron chi connectivity index (χ4n) is 3.36. The van der Waals surface area contributed by atoms with Crippen LogP contribution in [0.2, 0.25) is 0 Å². The zero-order valence-electron chi connectivity index (χ0n) is 18.1. The van der Waals surface area contributed by atoms with Crippen LogP contribution in [0.15, 0.2) is 54.6 Å². The van der Waals surface area contributed by atoms with Crippen LogP contribution in [0.3, 0.4) is 0 Å². The molecule has 2 aromatic rings. The summed E-state index contributed by atoms with van der Waals surface area (Å²) in [4.78, 5) is 37.9. The van der Waals surface area contributed by atoms with Gasteiger partial charge in [0.2, 0.25) is 0 Å². The van der Waals surface area contributed by atoms with Gasteiger partial charge in [-0.05, 0) is 43.5 Å². The number of benzene rings is 2. The van der Waals surface area contributed by atoms with Crippen molar-refractivity contribution in [1.82, 2.24) is 10.2 Å². The van der Waals surface area contributed by atoms with E-state index in [0.29, 0.717) is 50.5 Å². The maximum atomic E-state index is 12.3. The lowest BCUT2D eigenvalue weighted by Crippen LogP contribution is -2.47. The predicted molar refractivity (Wildman–Crippen MR) is 117 cm³/mol. The van der Waals surface area contributed by atoms with Crippen LogP contribution < -0.4 is 10.1 Å². The number of hydrogen-bond donors (Lipinski definition) is 1. The van der Waals surface area contributed by atoms with Gasteiger partial charge in [-0.25, -0.2) is 9.59 Å². The largest absolute Gasteiger partial charge is 0.489 e. The normalized spacial score (nSPS) is 13.8. The average molecular weight is 440 g/mol. The molecule has 0 bridgehead atoms. The van der Waals surface area contributed by atoms with E-state index < -0.39 is 5.97 Å². The van der Waals surface area contributed by atoms with Crippen LogP contribution in [0, 0.1) is 0 Å². The summed E-state index contributed by atoms with van der Waals surface area (Å²) in [6.07, 6.45) is 0.916. The second kappa shape index (κ2) is 11.7. The summed E-state index contributed by atoms with van der Waals surface area (Å²) in [7, 11) is 0. The predicted octanol–water partition coefficient (Wildman–Crippen LogP) is 3.16. The lowest BCUT2D eigenvalue weighted by atomic mass is 10.1. The van der Waals surface area contributed by atoms with E-state index >= 15 is 0 Å². The zero-order valence-corrected chi connectivity index (χ0v) is 18.1. The van der Waals surface area contributed by atoms with E-state index in [-0.39, 0.29) is 24.6 Å². The van der Waals surface area contributed by atoms with E-state index in [0.717, 1.165) is 5.56 Å². The van der Waals surface area contributed by atoms with Crippen LogP contribution in [0.25, 0.3) is 0 Å². The lowest BCUT2D eigenvalue weighted by molar-refractivity contribution is -0.125. The highest BCUT2D eigenvalue weighted by Gasteiger charge is 2.24. The molecule has 1 fully saturated rings. The Labute approximate surface area is 187 Å². The van der Waals surface area contributed by atoms with E-state index in [9.17, 15) is 14.4 Å². The summed E-state index contributed by atoms with van der Waals surface area (Å²) in [5.41, 5.74) is 1.33. The molecule has 1 heterocycles. The number of piperidine rings is 1. The van der Waals surface area contributed by atoms with Gasteiger partial charge in [0.25, 0.3) is 5.91 Å². The third kappa shape index (κ3) is 7.01. The molecule has 170 valence electrons. The Kier molecular flexibility index (Phi) is 8.48. The van der Waals surface area contributed by atoms with Gasteiger partial charge in [-0.2, -0.15) is 0 Å². The number of nitrogens with zero attached hydrogens (tertiary/aromatic N) is 1. The fourth-order valence-corrected chi connectivity index (χ4v) is 3.36. The SMILES string of the molecule is CCOC(=O)N1CCC(NC(=O)COC(=O)c2cccc(OCc3ccccc3)c2)CC1. The maximum absolute atomic E-state index is 12.3. The second-order valence-electron chi connectivity index (χ2n) is 7.41. The topological polar surface area (TPSA) is 94.2 Å². The Morgan fingerprint density at radius 1 is 1.00 bits per heavy atom. The molecule has 1 saturated heterocycles.